The van der Waals surface area contributed by atoms with E-state index in [9.17, 15) is 9.18 Å². The average Bonchev–Trinajstić information content (AvgIpc) is 2.31. The SMILES string of the molecule is CC1CCC(Oc2cc(F)cc(C=O)c2)CC1. The predicted molar refractivity (Wildman–Crippen MR) is 63.8 cm³/mol. The summed E-state index contributed by atoms with van der Waals surface area (Å²) in [6.07, 6.45) is 5.12. The standard InChI is InChI=1S/C14H17FO2/c1-10-2-4-13(5-3-10)17-14-7-11(9-16)6-12(15)8-14/h6-10,13H,2-5H2,1H3. The predicted octanol–water partition coefficient (Wildman–Crippen LogP) is 3.60. The van der Waals surface area contributed by atoms with Gasteiger partial charge in [-0.2, -0.15) is 0 Å². The first-order chi connectivity index (χ1) is 8.17. The molecule has 0 N–H and O–H groups in total. The molecule has 0 radical (unpaired) electrons. The summed E-state index contributed by atoms with van der Waals surface area (Å²) in [7, 11) is 0. The minimum Gasteiger partial charge on any atom is -0.490 e. The van der Waals surface area contributed by atoms with E-state index in [2.05, 4.69) is 6.92 Å². The van der Waals surface area contributed by atoms with Crippen molar-refractivity contribution in [3.05, 3.63) is 29.6 Å². The third kappa shape index (κ3) is 3.29. The molecule has 2 rings (SSSR count). The van der Waals surface area contributed by atoms with Crippen LogP contribution >= 0.6 is 0 Å². The summed E-state index contributed by atoms with van der Waals surface area (Å²) in [4.78, 5) is 10.6. The van der Waals surface area contributed by atoms with Crippen LogP contribution in [0.4, 0.5) is 4.39 Å². The van der Waals surface area contributed by atoms with Crippen LogP contribution < -0.4 is 4.74 Å². The van der Waals surface area contributed by atoms with Gasteiger partial charge in [-0.1, -0.05) is 6.92 Å². The maximum absolute atomic E-state index is 13.2. The Balaban J connectivity index is 2.03. The Morgan fingerprint density at radius 3 is 2.59 bits per heavy atom. The van der Waals surface area contributed by atoms with Crippen molar-refractivity contribution in [3.63, 3.8) is 0 Å². The number of hydrogen-bond donors (Lipinski definition) is 0. The molecule has 0 saturated heterocycles. The van der Waals surface area contributed by atoms with Crippen molar-refractivity contribution in [1.82, 2.24) is 0 Å². The van der Waals surface area contributed by atoms with E-state index in [1.165, 1.54) is 12.1 Å². The molecular weight excluding hydrogens is 219 g/mol. The average molecular weight is 236 g/mol. The Morgan fingerprint density at radius 2 is 1.94 bits per heavy atom. The lowest BCUT2D eigenvalue weighted by molar-refractivity contribution is 0.112. The molecule has 0 spiro atoms. The second-order valence-corrected chi connectivity index (χ2v) is 4.84. The maximum Gasteiger partial charge on any atom is 0.150 e. The highest BCUT2D eigenvalue weighted by molar-refractivity contribution is 5.75. The van der Waals surface area contributed by atoms with E-state index in [4.69, 9.17) is 4.74 Å². The molecule has 0 atom stereocenters. The number of aldehydes is 1. The third-order valence-electron chi connectivity index (χ3n) is 3.30. The van der Waals surface area contributed by atoms with Crippen LogP contribution in [-0.2, 0) is 0 Å². The zero-order valence-corrected chi connectivity index (χ0v) is 9.99. The molecule has 3 heteroatoms. The van der Waals surface area contributed by atoms with Gasteiger partial charge < -0.3 is 4.74 Å². The summed E-state index contributed by atoms with van der Waals surface area (Å²) >= 11 is 0. The monoisotopic (exact) mass is 236 g/mol. The van der Waals surface area contributed by atoms with Crippen molar-refractivity contribution >= 4 is 6.29 Å². The van der Waals surface area contributed by atoms with Crippen LogP contribution in [0.5, 0.6) is 5.75 Å². The van der Waals surface area contributed by atoms with Gasteiger partial charge >= 0.3 is 0 Å². The molecule has 0 unspecified atom stereocenters. The van der Waals surface area contributed by atoms with Crippen molar-refractivity contribution < 1.29 is 13.9 Å². The Bertz CT molecular complexity index is 395. The number of halogens is 1. The van der Waals surface area contributed by atoms with E-state index >= 15 is 0 Å². The molecule has 1 fully saturated rings. The minimum absolute atomic E-state index is 0.160. The van der Waals surface area contributed by atoms with Gasteiger partial charge in [0.2, 0.25) is 0 Å². The minimum atomic E-state index is -0.422. The number of ether oxygens (including phenoxy) is 1. The van der Waals surface area contributed by atoms with E-state index in [-0.39, 0.29) is 6.10 Å². The molecule has 1 aromatic carbocycles. The summed E-state index contributed by atoms with van der Waals surface area (Å²) in [5, 5.41) is 0. The smallest absolute Gasteiger partial charge is 0.150 e. The lowest BCUT2D eigenvalue weighted by Crippen LogP contribution is -2.23. The Labute approximate surface area is 101 Å². The molecule has 17 heavy (non-hydrogen) atoms. The normalized spacial score (nSPS) is 24.4. The van der Waals surface area contributed by atoms with Gasteiger partial charge in [0.25, 0.3) is 0 Å². The molecule has 0 aliphatic heterocycles. The number of hydrogen-bond acceptors (Lipinski definition) is 2. The van der Waals surface area contributed by atoms with Crippen molar-refractivity contribution in [3.8, 4) is 5.75 Å². The maximum atomic E-state index is 13.2. The molecule has 0 heterocycles. The summed E-state index contributed by atoms with van der Waals surface area (Å²) in [5.41, 5.74) is 0.323. The first-order valence-corrected chi connectivity index (χ1v) is 6.10. The van der Waals surface area contributed by atoms with E-state index in [0.29, 0.717) is 17.6 Å². The van der Waals surface area contributed by atoms with Gasteiger partial charge in [0.15, 0.2) is 0 Å². The van der Waals surface area contributed by atoms with Crippen molar-refractivity contribution in [2.24, 2.45) is 5.92 Å². The van der Waals surface area contributed by atoms with Crippen LogP contribution in [0.1, 0.15) is 43.0 Å². The van der Waals surface area contributed by atoms with Crippen LogP contribution in [0.25, 0.3) is 0 Å². The van der Waals surface area contributed by atoms with Gasteiger partial charge in [-0.25, -0.2) is 4.39 Å². The molecule has 1 saturated carbocycles. The summed E-state index contributed by atoms with van der Waals surface area (Å²) in [6.45, 7) is 2.24. The quantitative estimate of drug-likeness (QED) is 0.749. The van der Waals surface area contributed by atoms with Crippen LogP contribution in [0.3, 0.4) is 0 Å². The van der Waals surface area contributed by atoms with Crippen LogP contribution in [0, 0.1) is 11.7 Å². The molecule has 92 valence electrons. The van der Waals surface area contributed by atoms with Crippen LogP contribution in [-0.4, -0.2) is 12.4 Å². The highest BCUT2D eigenvalue weighted by atomic mass is 19.1. The molecule has 0 bridgehead atoms. The largest absolute Gasteiger partial charge is 0.490 e. The fourth-order valence-corrected chi connectivity index (χ4v) is 2.26. The van der Waals surface area contributed by atoms with Gasteiger partial charge in [0, 0.05) is 11.6 Å². The van der Waals surface area contributed by atoms with Crippen molar-refractivity contribution in [2.45, 2.75) is 38.7 Å². The van der Waals surface area contributed by atoms with Gasteiger partial charge in [0.05, 0.1) is 6.10 Å². The summed E-state index contributed by atoms with van der Waals surface area (Å²) in [5.74, 6) is 0.799. The number of benzene rings is 1. The first-order valence-electron chi connectivity index (χ1n) is 6.10. The molecule has 1 aromatic rings. The van der Waals surface area contributed by atoms with Crippen LogP contribution in [0.2, 0.25) is 0 Å². The Hall–Kier alpha value is -1.38. The van der Waals surface area contributed by atoms with E-state index in [1.807, 2.05) is 0 Å². The number of rotatable bonds is 3. The zero-order chi connectivity index (χ0) is 12.3. The number of carbonyl (C=O) groups excluding carboxylic acids is 1. The topological polar surface area (TPSA) is 26.3 Å². The highest BCUT2D eigenvalue weighted by Crippen LogP contribution is 2.27. The van der Waals surface area contributed by atoms with E-state index in [0.717, 1.165) is 31.6 Å². The molecule has 0 aromatic heterocycles. The summed E-state index contributed by atoms with van der Waals surface area (Å²) in [6, 6.07) is 4.14. The first kappa shape index (κ1) is 12.1. The van der Waals surface area contributed by atoms with E-state index in [1.54, 1.807) is 6.07 Å². The lowest BCUT2D eigenvalue weighted by atomic mass is 9.89. The Kier molecular flexibility index (Phi) is 3.77. The molecule has 1 aliphatic rings. The van der Waals surface area contributed by atoms with Crippen molar-refractivity contribution in [1.29, 1.82) is 0 Å². The molecule has 0 amide bonds. The highest BCUT2D eigenvalue weighted by Gasteiger charge is 2.19. The molecular formula is C14H17FO2. The van der Waals surface area contributed by atoms with E-state index < -0.39 is 5.82 Å². The third-order valence-corrected chi connectivity index (χ3v) is 3.30. The lowest BCUT2D eigenvalue weighted by Gasteiger charge is -2.26. The summed E-state index contributed by atoms with van der Waals surface area (Å²) < 4.78 is 18.9. The van der Waals surface area contributed by atoms with Crippen LogP contribution in [0.15, 0.2) is 18.2 Å². The zero-order valence-electron chi connectivity index (χ0n) is 9.99. The molecule has 2 nitrogen and oxygen atoms in total. The van der Waals surface area contributed by atoms with Gasteiger partial charge in [-0.15, -0.1) is 0 Å². The second kappa shape index (κ2) is 5.30. The van der Waals surface area contributed by atoms with Gasteiger partial charge in [0.1, 0.15) is 17.9 Å². The Morgan fingerprint density at radius 1 is 1.24 bits per heavy atom. The van der Waals surface area contributed by atoms with Gasteiger partial charge in [-0.3, -0.25) is 4.79 Å². The molecule has 1 aliphatic carbocycles. The van der Waals surface area contributed by atoms with Gasteiger partial charge in [-0.05, 0) is 43.7 Å². The van der Waals surface area contributed by atoms with Crippen molar-refractivity contribution in [2.75, 3.05) is 0 Å². The number of carbonyl (C=O) groups is 1. The second-order valence-electron chi connectivity index (χ2n) is 4.84. The fourth-order valence-electron chi connectivity index (χ4n) is 2.26. The fraction of sp³-hybridized carbons (Fsp3) is 0.500.